The van der Waals surface area contributed by atoms with Crippen LogP contribution in [0.4, 0.5) is 17.6 Å². The summed E-state index contributed by atoms with van der Waals surface area (Å²) in [6.45, 7) is 0. The molecule has 3 fully saturated rings. The van der Waals surface area contributed by atoms with Crippen molar-refractivity contribution in [2.24, 2.45) is 47.2 Å². The van der Waals surface area contributed by atoms with E-state index in [1.807, 2.05) is 0 Å². The first-order valence-electron chi connectivity index (χ1n) is 9.83. The predicted molar refractivity (Wildman–Crippen MR) is 93.9 cm³/mol. The van der Waals surface area contributed by atoms with Crippen LogP contribution >= 0.6 is 0 Å². The number of hydrogen-bond donors (Lipinski definition) is 2. The van der Waals surface area contributed by atoms with Gasteiger partial charge in [-0.3, -0.25) is 9.59 Å². The van der Waals surface area contributed by atoms with E-state index in [0.29, 0.717) is 25.7 Å². The molecule has 0 heterocycles. The average Bonchev–Trinajstić information content (AvgIpc) is 3.45. The largest absolute Gasteiger partial charge is 0.433 e. The van der Waals surface area contributed by atoms with Crippen LogP contribution in [0.1, 0.15) is 32.1 Å². The summed E-state index contributed by atoms with van der Waals surface area (Å²) in [4.78, 5) is 24.0. The monoisotopic (exact) mass is 454 g/mol. The Kier molecular flexibility index (Phi) is 4.96. The summed E-state index contributed by atoms with van der Waals surface area (Å²) in [6, 6.07) is 0. The Morgan fingerprint density at radius 1 is 1.00 bits per heavy atom. The molecule has 4 bridgehead atoms. The number of allylic oxidation sites excluding steroid dienone is 2. The molecule has 0 aromatic heterocycles. The smallest absolute Gasteiger partial charge is 0.369 e. The van der Waals surface area contributed by atoms with Gasteiger partial charge in [0.15, 0.2) is 0 Å². The Morgan fingerprint density at radius 2 is 1.63 bits per heavy atom. The van der Waals surface area contributed by atoms with Gasteiger partial charge in [-0.2, -0.15) is 26.0 Å². The number of fused-ring (bicyclic) bond motifs is 4. The molecule has 4 rings (SSSR count). The van der Waals surface area contributed by atoms with E-state index in [0.717, 1.165) is 0 Å². The van der Waals surface area contributed by atoms with Crippen LogP contribution in [0.25, 0.3) is 0 Å². The van der Waals surface area contributed by atoms with Crippen molar-refractivity contribution in [3.05, 3.63) is 12.2 Å². The number of carbonyl (C=O) groups is 2. The molecule has 0 aromatic rings. The molecule has 0 spiro atoms. The molecule has 0 saturated heterocycles. The number of rotatable bonds is 7. The fourth-order valence-electron chi connectivity index (χ4n) is 5.86. The summed E-state index contributed by atoms with van der Waals surface area (Å²) in [7, 11) is -6.20. The highest BCUT2D eigenvalue weighted by Crippen LogP contribution is 2.58. The SMILES string of the molecule is NC(=O)C1C2C=CC(C2)C1C(=O)NOS(=O)(=O)C(F)(F)C(F)(F)C1CC2CCC1C2. The summed E-state index contributed by atoms with van der Waals surface area (Å²) in [5.41, 5.74) is 6.64. The molecule has 2 amide bonds. The van der Waals surface area contributed by atoms with Gasteiger partial charge < -0.3 is 5.73 Å². The minimum absolute atomic E-state index is 0.110. The summed E-state index contributed by atoms with van der Waals surface area (Å²) in [6.07, 6.45) is 4.97. The van der Waals surface area contributed by atoms with Gasteiger partial charge in [0.1, 0.15) is 0 Å². The molecule has 3 N–H and O–H groups in total. The molecule has 4 aliphatic rings. The third kappa shape index (κ3) is 3.05. The van der Waals surface area contributed by atoms with E-state index >= 15 is 0 Å². The van der Waals surface area contributed by atoms with Gasteiger partial charge in [0.25, 0.3) is 0 Å². The highest BCUT2D eigenvalue weighted by atomic mass is 32.2. The standard InChI is InChI=1S/C18H22F4N2O5S/c19-17(20,12-6-8-1-2-9(12)5-8)18(21,22)30(27,28)29-24-16(26)14-11-4-3-10(7-11)13(14)15(23)25/h3-4,8-14H,1-2,5-7H2,(H2,23,25)(H,24,26). The van der Waals surface area contributed by atoms with E-state index in [-0.39, 0.29) is 18.3 Å². The highest BCUT2D eigenvalue weighted by molar-refractivity contribution is 7.87. The maximum Gasteiger partial charge on any atom is 0.433 e. The topological polar surface area (TPSA) is 116 Å². The number of carbonyl (C=O) groups excluding carboxylic acids is 2. The average molecular weight is 454 g/mol. The molecule has 7 nitrogen and oxygen atoms in total. The van der Waals surface area contributed by atoms with Crippen LogP contribution < -0.4 is 11.2 Å². The van der Waals surface area contributed by atoms with Gasteiger partial charge >= 0.3 is 21.3 Å². The molecule has 4 aliphatic carbocycles. The molecule has 3 saturated carbocycles. The Bertz CT molecular complexity index is 893. The van der Waals surface area contributed by atoms with Crippen molar-refractivity contribution in [1.82, 2.24) is 5.48 Å². The number of nitrogens with one attached hydrogen (secondary N) is 1. The van der Waals surface area contributed by atoms with Crippen molar-refractivity contribution < 1.29 is 39.9 Å². The van der Waals surface area contributed by atoms with Crippen LogP contribution in [0.15, 0.2) is 12.2 Å². The zero-order valence-corrected chi connectivity index (χ0v) is 16.6. The summed E-state index contributed by atoms with van der Waals surface area (Å²) < 4.78 is 85.9. The quantitative estimate of drug-likeness (QED) is 0.347. The lowest BCUT2D eigenvalue weighted by atomic mass is 9.82. The van der Waals surface area contributed by atoms with Crippen molar-refractivity contribution in [2.75, 3.05) is 0 Å². The van der Waals surface area contributed by atoms with Crippen LogP contribution in [-0.2, 0) is 24.0 Å². The second kappa shape index (κ2) is 6.91. The van der Waals surface area contributed by atoms with Gasteiger partial charge in [0.05, 0.1) is 11.8 Å². The van der Waals surface area contributed by atoms with E-state index in [4.69, 9.17) is 5.73 Å². The fraction of sp³-hybridized carbons (Fsp3) is 0.778. The number of alkyl halides is 4. The second-order valence-electron chi connectivity index (χ2n) is 8.83. The maximum absolute atomic E-state index is 14.6. The van der Waals surface area contributed by atoms with Gasteiger partial charge in [0, 0.05) is 5.92 Å². The van der Waals surface area contributed by atoms with E-state index in [2.05, 4.69) is 4.28 Å². The zero-order chi connectivity index (χ0) is 22.1. The minimum Gasteiger partial charge on any atom is -0.369 e. The lowest BCUT2D eigenvalue weighted by Gasteiger charge is -2.34. The highest BCUT2D eigenvalue weighted by Gasteiger charge is 2.72. The van der Waals surface area contributed by atoms with Gasteiger partial charge in [-0.05, 0) is 49.4 Å². The Hall–Kier alpha value is -1.69. The first-order valence-corrected chi connectivity index (χ1v) is 11.2. The van der Waals surface area contributed by atoms with Crippen LogP contribution in [0, 0.1) is 41.4 Å². The van der Waals surface area contributed by atoms with Crippen molar-refractivity contribution in [3.8, 4) is 0 Å². The first-order chi connectivity index (χ1) is 13.9. The van der Waals surface area contributed by atoms with Gasteiger partial charge in [-0.25, -0.2) is 5.48 Å². The molecular weight excluding hydrogens is 432 g/mol. The molecule has 0 aromatic carbocycles. The molecule has 30 heavy (non-hydrogen) atoms. The van der Waals surface area contributed by atoms with Crippen LogP contribution in [0.3, 0.4) is 0 Å². The Balaban J connectivity index is 1.46. The van der Waals surface area contributed by atoms with Crippen molar-refractivity contribution in [1.29, 1.82) is 0 Å². The second-order valence-corrected chi connectivity index (χ2v) is 10.4. The van der Waals surface area contributed by atoms with E-state index in [9.17, 15) is 35.6 Å². The first kappa shape index (κ1) is 21.5. The molecule has 0 aliphatic heterocycles. The van der Waals surface area contributed by atoms with Crippen LogP contribution in [-0.4, -0.2) is 31.4 Å². The molecule has 7 unspecified atom stereocenters. The number of primary amides is 1. The van der Waals surface area contributed by atoms with E-state index in [1.165, 1.54) is 5.48 Å². The van der Waals surface area contributed by atoms with Crippen LogP contribution in [0.5, 0.6) is 0 Å². The predicted octanol–water partition coefficient (Wildman–Crippen LogP) is 1.95. The number of halogens is 4. The van der Waals surface area contributed by atoms with Gasteiger partial charge in [-0.1, -0.05) is 18.6 Å². The minimum atomic E-state index is -6.20. The maximum atomic E-state index is 14.6. The third-order valence-electron chi connectivity index (χ3n) is 7.25. The molecule has 168 valence electrons. The normalized spacial score (nSPS) is 37.7. The lowest BCUT2D eigenvalue weighted by molar-refractivity contribution is -0.204. The zero-order valence-electron chi connectivity index (χ0n) is 15.8. The van der Waals surface area contributed by atoms with Gasteiger partial charge in [0.2, 0.25) is 11.8 Å². The summed E-state index contributed by atoms with van der Waals surface area (Å²) in [5, 5.41) is -5.53. The van der Waals surface area contributed by atoms with E-state index in [1.54, 1.807) is 12.2 Å². The van der Waals surface area contributed by atoms with Crippen molar-refractivity contribution >= 4 is 21.9 Å². The molecule has 12 heteroatoms. The molecular formula is C18H22F4N2O5S. The van der Waals surface area contributed by atoms with Gasteiger partial charge in [-0.15, -0.1) is 4.28 Å². The summed E-state index contributed by atoms with van der Waals surface area (Å²) >= 11 is 0. The number of amides is 2. The number of hydroxylamine groups is 1. The molecule has 7 atom stereocenters. The Morgan fingerprint density at radius 3 is 2.17 bits per heavy atom. The number of hydrogen-bond acceptors (Lipinski definition) is 5. The summed E-state index contributed by atoms with van der Waals surface area (Å²) in [5.74, 6) is -12.2. The van der Waals surface area contributed by atoms with Crippen LogP contribution in [0.2, 0.25) is 0 Å². The fourth-order valence-corrected chi connectivity index (χ4v) is 6.64. The third-order valence-corrected chi connectivity index (χ3v) is 8.45. The van der Waals surface area contributed by atoms with Crippen molar-refractivity contribution in [2.45, 2.75) is 43.3 Å². The number of nitrogens with two attached hydrogens (primary N) is 1. The lowest BCUT2D eigenvalue weighted by Crippen LogP contribution is -2.55. The van der Waals surface area contributed by atoms with Crippen molar-refractivity contribution in [3.63, 3.8) is 0 Å². The van der Waals surface area contributed by atoms with E-state index < -0.39 is 62.7 Å². The molecule has 0 radical (unpaired) electrons. The Labute approximate surface area is 170 Å².